The summed E-state index contributed by atoms with van der Waals surface area (Å²) in [7, 11) is 0. The fourth-order valence-corrected chi connectivity index (χ4v) is 7.09. The molecule has 1 saturated carbocycles. The molecule has 2 aromatic carbocycles. The number of hydrogen-bond acceptors (Lipinski definition) is 8. The van der Waals surface area contributed by atoms with Crippen molar-refractivity contribution < 1.29 is 5.11 Å². The van der Waals surface area contributed by atoms with Gasteiger partial charge in [0.25, 0.3) is 0 Å². The monoisotopic (exact) mass is 539 g/mol. The maximum atomic E-state index is 9.77. The van der Waals surface area contributed by atoms with Crippen LogP contribution in [0.4, 0.5) is 0 Å². The molecule has 6 nitrogen and oxygen atoms in total. The van der Waals surface area contributed by atoms with E-state index >= 15 is 0 Å². The Morgan fingerprint density at radius 2 is 1.79 bits per heavy atom. The molecule has 2 aliphatic rings. The van der Waals surface area contributed by atoms with Crippen molar-refractivity contribution in [2.24, 2.45) is 16.5 Å². The van der Waals surface area contributed by atoms with Crippen molar-refractivity contribution in [3.8, 4) is 31.6 Å². The Morgan fingerprint density at radius 1 is 1.03 bits per heavy atom. The lowest BCUT2D eigenvalue weighted by molar-refractivity contribution is 0.0209. The van der Waals surface area contributed by atoms with Gasteiger partial charge in [-0.3, -0.25) is 4.99 Å². The van der Waals surface area contributed by atoms with Crippen LogP contribution in [0, 0.1) is 0 Å². The van der Waals surface area contributed by atoms with Gasteiger partial charge in [0.05, 0.1) is 27.6 Å². The van der Waals surface area contributed by atoms with Crippen LogP contribution >= 0.6 is 22.7 Å². The Kier molecular flexibility index (Phi) is 6.57. The van der Waals surface area contributed by atoms with Crippen LogP contribution in [0.3, 0.4) is 0 Å². The third-order valence-electron chi connectivity index (χ3n) is 7.09. The van der Waals surface area contributed by atoms with Crippen LogP contribution in [0.5, 0.6) is 0 Å². The van der Waals surface area contributed by atoms with Gasteiger partial charge in [-0.1, -0.05) is 67.3 Å². The predicted molar refractivity (Wildman–Crippen MR) is 158 cm³/mol. The van der Waals surface area contributed by atoms with E-state index in [0.717, 1.165) is 54.1 Å². The fourth-order valence-electron chi connectivity index (χ4n) is 5.03. The number of nitrogens with two attached hydrogens (primary N) is 2. The first-order chi connectivity index (χ1) is 18.4. The summed E-state index contributed by atoms with van der Waals surface area (Å²) >= 11 is 3.31. The molecule has 0 bridgehead atoms. The van der Waals surface area contributed by atoms with E-state index in [4.69, 9.17) is 21.4 Å². The quantitative estimate of drug-likeness (QED) is 0.267. The van der Waals surface area contributed by atoms with Crippen molar-refractivity contribution in [2.45, 2.75) is 43.4 Å². The molecule has 38 heavy (non-hydrogen) atoms. The predicted octanol–water partition coefficient (Wildman–Crippen LogP) is 6.00. The number of aliphatic imine (C=N–C) groups is 1. The van der Waals surface area contributed by atoms with E-state index < -0.39 is 5.54 Å². The lowest BCUT2D eigenvalue weighted by Crippen LogP contribution is -2.51. The summed E-state index contributed by atoms with van der Waals surface area (Å²) in [5.41, 5.74) is 17.7. The molecule has 192 valence electrons. The minimum Gasteiger partial charge on any atom is -0.402 e. The first-order valence-electron chi connectivity index (χ1n) is 12.7. The van der Waals surface area contributed by atoms with Gasteiger partial charge in [-0.2, -0.15) is 0 Å². The molecule has 1 aliphatic carbocycles. The van der Waals surface area contributed by atoms with Crippen LogP contribution in [0.2, 0.25) is 0 Å². The Morgan fingerprint density at radius 3 is 2.45 bits per heavy atom. The molecule has 0 spiro atoms. The van der Waals surface area contributed by atoms with Gasteiger partial charge in [-0.15, -0.1) is 22.7 Å². The van der Waals surface area contributed by atoms with E-state index in [0.29, 0.717) is 25.0 Å². The summed E-state index contributed by atoms with van der Waals surface area (Å²) in [4.78, 5) is 16.6. The molecule has 8 heteroatoms. The molecule has 0 amide bonds. The number of hydrogen-bond donors (Lipinski definition) is 3. The third-order valence-corrected chi connectivity index (χ3v) is 9.41. The van der Waals surface area contributed by atoms with Crippen LogP contribution in [0.25, 0.3) is 37.2 Å². The molecule has 5 N–H and O–H groups in total. The van der Waals surface area contributed by atoms with Crippen molar-refractivity contribution >= 4 is 34.5 Å². The minimum atomic E-state index is -0.443. The van der Waals surface area contributed by atoms with Gasteiger partial charge in [0, 0.05) is 41.2 Å². The summed E-state index contributed by atoms with van der Waals surface area (Å²) in [5.74, 6) is 0. The van der Waals surface area contributed by atoms with Crippen molar-refractivity contribution in [1.29, 1.82) is 0 Å². The van der Waals surface area contributed by atoms with Crippen molar-refractivity contribution in [3.05, 3.63) is 89.7 Å². The second kappa shape index (κ2) is 10.0. The Balaban J connectivity index is 1.31. The molecule has 0 saturated heterocycles. The van der Waals surface area contributed by atoms with E-state index in [2.05, 4.69) is 66.2 Å². The lowest BCUT2D eigenvalue weighted by Gasteiger charge is -2.42. The summed E-state index contributed by atoms with van der Waals surface area (Å²) < 4.78 is 0. The average Bonchev–Trinajstić information content (AvgIpc) is 3.57. The number of rotatable bonds is 7. The number of allylic oxidation sites excluding steroid dienone is 1. The third kappa shape index (κ3) is 4.88. The summed E-state index contributed by atoms with van der Waals surface area (Å²) in [6.45, 7) is 3.79. The smallest absolute Gasteiger partial charge is 0.136 e. The van der Waals surface area contributed by atoms with Gasteiger partial charge >= 0.3 is 0 Å². The highest BCUT2D eigenvalue weighted by Crippen LogP contribution is 2.44. The van der Waals surface area contributed by atoms with Crippen LogP contribution in [0.15, 0.2) is 84.1 Å². The highest BCUT2D eigenvalue weighted by Gasteiger charge is 2.41. The first kappa shape index (κ1) is 24.9. The molecular formula is C30H29N5OS2. The van der Waals surface area contributed by atoms with Crippen LogP contribution < -0.4 is 11.5 Å². The van der Waals surface area contributed by atoms with Crippen molar-refractivity contribution in [1.82, 2.24) is 9.97 Å². The highest BCUT2D eigenvalue weighted by molar-refractivity contribution is 7.24. The second-order valence-electron chi connectivity index (χ2n) is 10.1. The Hall–Kier alpha value is -3.43. The molecule has 1 fully saturated rings. The number of nitrogens with zero attached hydrogens (tertiary/aromatic N) is 3. The van der Waals surface area contributed by atoms with Crippen LogP contribution in [-0.2, 0) is 5.54 Å². The van der Waals surface area contributed by atoms with Gasteiger partial charge in [0.1, 0.15) is 10.0 Å². The zero-order valence-electron chi connectivity index (χ0n) is 20.9. The standard InChI is InChI=1S/C30H29N5OS2/c1-18(31)13-23-12-9-21(16-33-23)28-34-17-25(37-28)29-35-26(27(38-29)20-5-3-2-4-6-20)19-7-10-22(11-8-19)30(32)14-24(36)15-30/h2-11,16-17,23-24,36H,1,12-15,31-32H2. The molecule has 2 aromatic heterocycles. The molecule has 0 radical (unpaired) electrons. The summed E-state index contributed by atoms with van der Waals surface area (Å²) in [5, 5.41) is 11.6. The minimum absolute atomic E-state index is 0.153. The largest absolute Gasteiger partial charge is 0.402 e. The number of benzene rings is 2. The molecule has 4 aromatic rings. The highest BCUT2D eigenvalue weighted by atomic mass is 32.1. The normalized spacial score (nSPS) is 22.6. The number of aliphatic hydroxyl groups is 1. The fraction of sp³-hybridized carbons (Fsp3) is 0.233. The van der Waals surface area contributed by atoms with Gasteiger partial charge < -0.3 is 16.6 Å². The van der Waals surface area contributed by atoms with Gasteiger partial charge in [0.15, 0.2) is 0 Å². The van der Waals surface area contributed by atoms with E-state index in [1.54, 1.807) is 22.7 Å². The SMILES string of the molecule is C=C(N)CC1CC=C(c2ncc(-c3nc(-c4ccc(C5(N)CC(O)C5)cc4)c(-c4ccccc4)s3)s2)C=N1. The zero-order valence-corrected chi connectivity index (χ0v) is 22.5. The van der Waals surface area contributed by atoms with Gasteiger partial charge in [0.2, 0.25) is 0 Å². The maximum Gasteiger partial charge on any atom is 0.136 e. The van der Waals surface area contributed by atoms with Crippen molar-refractivity contribution in [2.75, 3.05) is 0 Å². The summed E-state index contributed by atoms with van der Waals surface area (Å²) in [6.07, 6.45) is 8.40. The average molecular weight is 540 g/mol. The van der Waals surface area contributed by atoms with E-state index in [1.807, 2.05) is 18.5 Å². The number of aliphatic hydroxyl groups excluding tert-OH is 1. The van der Waals surface area contributed by atoms with E-state index in [-0.39, 0.29) is 12.1 Å². The molecule has 1 unspecified atom stereocenters. The molecular weight excluding hydrogens is 510 g/mol. The topological polar surface area (TPSA) is 110 Å². The molecule has 3 heterocycles. The zero-order chi connectivity index (χ0) is 26.3. The van der Waals surface area contributed by atoms with Gasteiger partial charge in [-0.05, 0) is 30.4 Å². The molecule has 6 rings (SSSR count). The van der Waals surface area contributed by atoms with E-state index in [9.17, 15) is 5.11 Å². The first-order valence-corrected chi connectivity index (χ1v) is 14.3. The lowest BCUT2D eigenvalue weighted by atomic mass is 9.70. The van der Waals surface area contributed by atoms with E-state index in [1.165, 1.54) is 0 Å². The second-order valence-corrected chi connectivity index (χ2v) is 12.1. The number of dihydropyridines is 1. The van der Waals surface area contributed by atoms with Crippen molar-refractivity contribution in [3.63, 3.8) is 0 Å². The maximum absolute atomic E-state index is 9.77. The van der Waals surface area contributed by atoms with Gasteiger partial charge in [-0.25, -0.2) is 9.97 Å². The summed E-state index contributed by atoms with van der Waals surface area (Å²) in [6, 6.07) is 18.8. The van der Waals surface area contributed by atoms with Crippen LogP contribution in [-0.4, -0.2) is 33.4 Å². The Labute approximate surface area is 230 Å². The number of thiazole rings is 2. The number of aromatic nitrogens is 2. The van der Waals surface area contributed by atoms with Crippen LogP contribution in [0.1, 0.15) is 36.3 Å². The Bertz CT molecular complexity index is 1530. The molecule has 1 atom stereocenters. The molecule has 1 aliphatic heterocycles.